The van der Waals surface area contributed by atoms with Crippen LogP contribution in [0.5, 0.6) is 11.5 Å². The molecule has 1 spiro atoms. The van der Waals surface area contributed by atoms with Gasteiger partial charge in [0.15, 0.2) is 23.7 Å². The Balaban J connectivity index is 0.911. The van der Waals surface area contributed by atoms with Crippen molar-refractivity contribution in [3.05, 3.63) is 252 Å². The Kier molecular flexibility index (Phi) is 7.65. The molecule has 0 N–H and O–H groups in total. The van der Waals surface area contributed by atoms with Gasteiger partial charge in [-0.25, -0.2) is 0 Å². The van der Waals surface area contributed by atoms with Gasteiger partial charge in [0.05, 0.1) is 11.1 Å². The predicted octanol–water partition coefficient (Wildman–Crippen LogP) is 14.3. The lowest BCUT2D eigenvalue weighted by Crippen LogP contribution is -2.40. The van der Waals surface area contributed by atoms with Crippen molar-refractivity contribution in [3.8, 4) is 56.0 Å². The van der Waals surface area contributed by atoms with Gasteiger partial charge in [-0.3, -0.25) is 0 Å². The molecular weight excluding hydrogens is 755 g/mol. The molecule has 1 aliphatic heterocycles. The molecule has 0 amide bonds. The topological polar surface area (TPSA) is 21.7 Å². The molecule has 3 heteroatoms. The molecule has 4 aliphatic rings. The number of allylic oxidation sites excluding steroid dienone is 1. The Hall–Kier alpha value is -7.88. The molecule has 0 saturated carbocycles. The van der Waals surface area contributed by atoms with Crippen molar-refractivity contribution in [1.82, 2.24) is 0 Å². The van der Waals surface area contributed by atoms with Crippen LogP contribution in [0.2, 0.25) is 0 Å². The molecule has 0 fully saturated rings. The normalized spacial score (nSPS) is 16.8. The minimum absolute atomic E-state index is 0.293. The van der Waals surface area contributed by atoms with Crippen molar-refractivity contribution in [3.63, 3.8) is 0 Å². The third-order valence-corrected chi connectivity index (χ3v) is 13.4. The van der Waals surface area contributed by atoms with E-state index in [1.165, 1.54) is 77.5 Å². The first-order valence-electron chi connectivity index (χ1n) is 21.5. The number of hydrogen-bond acceptors (Lipinski definition) is 3. The zero-order valence-electron chi connectivity index (χ0n) is 33.8. The van der Waals surface area contributed by atoms with Crippen molar-refractivity contribution in [1.29, 1.82) is 0 Å². The Bertz CT molecular complexity index is 3270. The summed E-state index contributed by atoms with van der Waals surface area (Å²) in [5.41, 5.74) is 17.7. The second-order valence-corrected chi connectivity index (χ2v) is 16.6. The van der Waals surface area contributed by atoms with Crippen molar-refractivity contribution < 1.29 is 9.47 Å². The van der Waals surface area contributed by atoms with Crippen molar-refractivity contribution in [2.75, 3.05) is 4.90 Å². The first-order chi connectivity index (χ1) is 30.7. The van der Waals surface area contributed by atoms with Crippen LogP contribution in [0.15, 0.2) is 230 Å². The average Bonchev–Trinajstić information content (AvgIpc) is 3.80. The van der Waals surface area contributed by atoms with Gasteiger partial charge in [-0.05, 0) is 121 Å². The van der Waals surface area contributed by atoms with Gasteiger partial charge in [-0.2, -0.15) is 0 Å². The maximum atomic E-state index is 7.06. The molecule has 1 unspecified atom stereocenters. The van der Waals surface area contributed by atoms with Crippen LogP contribution in [-0.4, -0.2) is 12.2 Å². The van der Waals surface area contributed by atoms with Crippen LogP contribution in [0.3, 0.4) is 0 Å². The van der Waals surface area contributed by atoms with Crippen LogP contribution in [0.1, 0.15) is 22.3 Å². The molecule has 3 nitrogen and oxygen atoms in total. The number of nitrogens with zero attached hydrogens (tertiary/aromatic N) is 1. The molecule has 0 aromatic heterocycles. The van der Waals surface area contributed by atoms with Crippen LogP contribution >= 0.6 is 0 Å². The van der Waals surface area contributed by atoms with E-state index in [1.54, 1.807) is 0 Å². The van der Waals surface area contributed by atoms with Gasteiger partial charge in [-0.15, -0.1) is 0 Å². The number of benzene rings is 9. The van der Waals surface area contributed by atoms with E-state index in [4.69, 9.17) is 9.47 Å². The highest BCUT2D eigenvalue weighted by molar-refractivity contribution is 5.98. The van der Waals surface area contributed by atoms with Crippen LogP contribution in [0.25, 0.3) is 55.3 Å². The van der Waals surface area contributed by atoms with E-state index >= 15 is 0 Å². The first kappa shape index (κ1) is 34.9. The maximum absolute atomic E-state index is 7.06. The van der Waals surface area contributed by atoms with Crippen LogP contribution in [-0.2, 0) is 5.41 Å². The van der Waals surface area contributed by atoms with Gasteiger partial charge >= 0.3 is 0 Å². The van der Waals surface area contributed by atoms with Crippen LogP contribution in [0.4, 0.5) is 11.4 Å². The molecule has 3 aliphatic carbocycles. The highest BCUT2D eigenvalue weighted by atomic mass is 16.6. The van der Waals surface area contributed by atoms with Crippen molar-refractivity contribution >= 4 is 22.1 Å². The average molecular weight is 794 g/mol. The minimum Gasteiger partial charge on any atom is -0.478 e. The number of hydrogen-bond donors (Lipinski definition) is 0. The summed E-state index contributed by atoms with van der Waals surface area (Å²) in [7, 11) is 0. The van der Waals surface area contributed by atoms with Gasteiger partial charge < -0.3 is 14.4 Å². The van der Waals surface area contributed by atoms with E-state index in [9.17, 15) is 0 Å². The summed E-state index contributed by atoms with van der Waals surface area (Å²) in [6.45, 7) is 0. The van der Waals surface area contributed by atoms with Gasteiger partial charge in [-0.1, -0.05) is 176 Å². The number of anilines is 2. The summed E-state index contributed by atoms with van der Waals surface area (Å²) in [5.74, 6) is 1.54. The van der Waals surface area contributed by atoms with Gasteiger partial charge in [0.2, 0.25) is 0 Å². The summed E-state index contributed by atoms with van der Waals surface area (Å²) < 4.78 is 14.0. The molecule has 1 heterocycles. The summed E-state index contributed by atoms with van der Waals surface area (Å²) in [6, 6.07) is 74.6. The fourth-order valence-electron chi connectivity index (χ4n) is 10.8. The summed E-state index contributed by atoms with van der Waals surface area (Å²) in [6.07, 6.45) is 5.97. The third-order valence-electron chi connectivity index (χ3n) is 13.4. The lowest BCUT2D eigenvalue weighted by molar-refractivity contribution is 0.0748. The zero-order valence-corrected chi connectivity index (χ0v) is 33.8. The van der Waals surface area contributed by atoms with E-state index < -0.39 is 5.41 Å². The van der Waals surface area contributed by atoms with E-state index in [1.807, 2.05) is 0 Å². The lowest BCUT2D eigenvalue weighted by atomic mass is 9.70. The molecule has 292 valence electrons. The standard InChI is InChI=1S/C59H39NO2/c1-2-15-38(16-3-1)43-19-6-7-20-44(43)40-29-31-41(32-30-40)60(54-28-14-18-39-17-4-5-21-45(39)54)42-33-34-55-56(35-42)62-57-36-49-48-24-10-13-27-52(48)59(53(49)37-58(57)61-55)50-25-11-8-22-46(50)47-23-9-12-26-51(47)59/h1-37,55-56H/t55-,56?/m1/s1. The van der Waals surface area contributed by atoms with Crippen LogP contribution in [0, 0.1) is 0 Å². The molecule has 0 radical (unpaired) electrons. The number of rotatable bonds is 5. The van der Waals surface area contributed by atoms with Gasteiger partial charge in [0, 0.05) is 16.8 Å². The third kappa shape index (κ3) is 5.06. The van der Waals surface area contributed by atoms with Gasteiger partial charge in [0.1, 0.15) is 0 Å². The van der Waals surface area contributed by atoms with Crippen molar-refractivity contribution in [2.45, 2.75) is 17.6 Å². The highest BCUT2D eigenvalue weighted by Crippen LogP contribution is 2.64. The summed E-state index contributed by atoms with van der Waals surface area (Å²) in [4.78, 5) is 2.36. The van der Waals surface area contributed by atoms with Gasteiger partial charge in [0.25, 0.3) is 0 Å². The second kappa shape index (κ2) is 13.6. The summed E-state index contributed by atoms with van der Waals surface area (Å²) in [5, 5.41) is 2.36. The van der Waals surface area contributed by atoms with Crippen molar-refractivity contribution in [2.24, 2.45) is 0 Å². The largest absolute Gasteiger partial charge is 0.478 e. The molecule has 13 rings (SSSR count). The maximum Gasteiger partial charge on any atom is 0.163 e. The molecule has 2 atom stereocenters. The smallest absolute Gasteiger partial charge is 0.163 e. The molecule has 9 aromatic rings. The number of fused-ring (bicyclic) bond motifs is 13. The molecule has 0 bridgehead atoms. The first-order valence-corrected chi connectivity index (χ1v) is 21.5. The minimum atomic E-state index is -0.442. The zero-order chi connectivity index (χ0) is 40.8. The Morgan fingerprint density at radius 2 is 0.935 bits per heavy atom. The lowest BCUT2D eigenvalue weighted by Gasteiger charge is -2.37. The Morgan fingerprint density at radius 3 is 1.63 bits per heavy atom. The quantitative estimate of drug-likeness (QED) is 0.173. The molecule has 9 aromatic carbocycles. The Labute approximate surface area is 361 Å². The molecule has 0 saturated heterocycles. The summed E-state index contributed by atoms with van der Waals surface area (Å²) >= 11 is 0. The SMILES string of the molecule is C1=C[C@H]2Oc3cc4c(cc3OC2C=C1N(c1ccc(-c2ccccc2-c2ccccc2)cc1)c1cccc2ccccc12)-c1ccccc1C41c2ccccc2-c2ccccc21. The fraction of sp³-hybridized carbons (Fsp3) is 0.0508. The molecular formula is C59H39NO2. The van der Waals surface area contributed by atoms with E-state index in [2.05, 4.69) is 229 Å². The number of ether oxygens (including phenoxy) is 2. The molecule has 62 heavy (non-hydrogen) atoms. The Morgan fingerprint density at radius 1 is 0.403 bits per heavy atom. The monoisotopic (exact) mass is 793 g/mol. The van der Waals surface area contributed by atoms with E-state index in [0.29, 0.717) is 0 Å². The highest BCUT2D eigenvalue weighted by Gasteiger charge is 2.52. The predicted molar refractivity (Wildman–Crippen MR) is 252 cm³/mol. The second-order valence-electron chi connectivity index (χ2n) is 16.6. The fourth-order valence-corrected chi connectivity index (χ4v) is 10.8. The van der Waals surface area contributed by atoms with E-state index in [-0.39, 0.29) is 12.2 Å². The van der Waals surface area contributed by atoms with Crippen LogP contribution < -0.4 is 14.4 Å². The van der Waals surface area contributed by atoms with E-state index in [0.717, 1.165) is 28.6 Å².